The van der Waals surface area contributed by atoms with Crippen molar-refractivity contribution in [3.8, 4) is 0 Å². The molecule has 3 nitrogen and oxygen atoms in total. The van der Waals surface area contributed by atoms with Gasteiger partial charge in [0.1, 0.15) is 0 Å². The highest BCUT2D eigenvalue weighted by atomic mass is 35.5. The number of aromatic nitrogens is 2. The number of hydrogen-bond acceptors (Lipinski definition) is 2. The van der Waals surface area contributed by atoms with E-state index in [9.17, 15) is 4.79 Å². The van der Waals surface area contributed by atoms with Gasteiger partial charge < -0.3 is 0 Å². The van der Waals surface area contributed by atoms with Gasteiger partial charge in [-0.25, -0.2) is 0 Å². The first kappa shape index (κ1) is 12.8. The Balaban J connectivity index is 2.07. The van der Waals surface area contributed by atoms with E-state index in [2.05, 4.69) is 12.0 Å². The van der Waals surface area contributed by atoms with Crippen LogP contribution in [0.4, 0.5) is 0 Å². The fourth-order valence-corrected chi connectivity index (χ4v) is 2.01. The number of aryl methyl sites for hydroxylation is 1. The Bertz CT molecular complexity index is 548. The highest BCUT2D eigenvalue weighted by Gasteiger charge is 2.09. The summed E-state index contributed by atoms with van der Waals surface area (Å²) in [5.41, 5.74) is 1.58. The third kappa shape index (κ3) is 3.20. The number of carbonyl (C=O) groups excluding carboxylic acids is 1. The van der Waals surface area contributed by atoms with Crippen LogP contribution in [0.2, 0.25) is 5.02 Å². The lowest BCUT2D eigenvalue weighted by atomic mass is 10.1. The van der Waals surface area contributed by atoms with Crippen LogP contribution < -0.4 is 0 Å². The summed E-state index contributed by atoms with van der Waals surface area (Å²) in [6.07, 6.45) is 4.79. The summed E-state index contributed by atoms with van der Waals surface area (Å²) < 4.78 is 1.80. The van der Waals surface area contributed by atoms with Crippen LogP contribution in [0.25, 0.3) is 0 Å². The van der Waals surface area contributed by atoms with Crippen molar-refractivity contribution in [2.45, 2.75) is 26.3 Å². The molecule has 2 aromatic rings. The van der Waals surface area contributed by atoms with Crippen LogP contribution in [0.3, 0.4) is 0 Å². The highest BCUT2D eigenvalue weighted by Crippen LogP contribution is 2.13. The Morgan fingerprint density at radius 1 is 1.44 bits per heavy atom. The maximum Gasteiger partial charge on any atom is 0.170 e. The lowest BCUT2D eigenvalue weighted by Gasteiger charge is -2.00. The van der Waals surface area contributed by atoms with Gasteiger partial charge >= 0.3 is 0 Å². The topological polar surface area (TPSA) is 34.9 Å². The van der Waals surface area contributed by atoms with Crippen LogP contribution in [-0.2, 0) is 13.0 Å². The van der Waals surface area contributed by atoms with Crippen molar-refractivity contribution >= 4 is 17.4 Å². The minimum atomic E-state index is 0.0691. The van der Waals surface area contributed by atoms with Crippen molar-refractivity contribution in [2.24, 2.45) is 0 Å². The molecule has 0 amide bonds. The van der Waals surface area contributed by atoms with Crippen LogP contribution in [0.15, 0.2) is 36.7 Å². The zero-order chi connectivity index (χ0) is 13.0. The minimum absolute atomic E-state index is 0.0691. The van der Waals surface area contributed by atoms with Gasteiger partial charge in [0.05, 0.1) is 11.8 Å². The second kappa shape index (κ2) is 5.83. The Morgan fingerprint density at radius 3 is 3.00 bits per heavy atom. The molecule has 0 fully saturated rings. The van der Waals surface area contributed by atoms with Crippen molar-refractivity contribution in [3.63, 3.8) is 0 Å². The number of Topliss-reactive ketones (excluding diaryl/α,β-unsaturated/α-hetero) is 1. The van der Waals surface area contributed by atoms with Crippen molar-refractivity contribution in [2.75, 3.05) is 0 Å². The van der Waals surface area contributed by atoms with E-state index < -0.39 is 0 Å². The minimum Gasteiger partial charge on any atom is -0.294 e. The molecule has 94 valence electrons. The summed E-state index contributed by atoms with van der Waals surface area (Å²) in [5, 5.41) is 4.81. The van der Waals surface area contributed by atoms with E-state index in [-0.39, 0.29) is 5.78 Å². The largest absolute Gasteiger partial charge is 0.294 e. The first-order valence-electron chi connectivity index (χ1n) is 5.99. The second-order valence-corrected chi connectivity index (χ2v) is 4.66. The van der Waals surface area contributed by atoms with Crippen LogP contribution in [-0.4, -0.2) is 15.6 Å². The number of hydrogen-bond donors (Lipinski definition) is 0. The fraction of sp³-hybridized carbons (Fsp3) is 0.286. The summed E-state index contributed by atoms with van der Waals surface area (Å²) in [5.74, 6) is 0.0691. The van der Waals surface area contributed by atoms with Crippen molar-refractivity contribution in [1.29, 1.82) is 0 Å². The standard InChI is InChI=1S/C14H15ClN2O/c1-2-6-17-10-12(9-16-17)14(18)8-11-4-3-5-13(15)7-11/h3-5,7,9-10H,2,6,8H2,1H3. The molecule has 0 bridgehead atoms. The lowest BCUT2D eigenvalue weighted by Crippen LogP contribution is -2.02. The fourth-order valence-electron chi connectivity index (χ4n) is 1.79. The van der Waals surface area contributed by atoms with Gasteiger partial charge in [0.2, 0.25) is 0 Å². The van der Waals surface area contributed by atoms with E-state index >= 15 is 0 Å². The van der Waals surface area contributed by atoms with Crippen LogP contribution in [0, 0.1) is 0 Å². The molecule has 0 aliphatic rings. The molecular formula is C14H15ClN2O. The summed E-state index contributed by atoms with van der Waals surface area (Å²) in [7, 11) is 0. The van der Waals surface area contributed by atoms with E-state index in [1.54, 1.807) is 23.1 Å². The molecule has 2 rings (SSSR count). The third-order valence-corrected chi connectivity index (χ3v) is 2.90. The first-order chi connectivity index (χ1) is 8.69. The normalized spacial score (nSPS) is 10.6. The van der Waals surface area contributed by atoms with Gasteiger partial charge in [0.15, 0.2) is 5.78 Å². The zero-order valence-electron chi connectivity index (χ0n) is 10.3. The van der Waals surface area contributed by atoms with Crippen LogP contribution in [0.5, 0.6) is 0 Å². The molecular weight excluding hydrogens is 248 g/mol. The quantitative estimate of drug-likeness (QED) is 0.775. The lowest BCUT2D eigenvalue weighted by molar-refractivity contribution is 0.0993. The third-order valence-electron chi connectivity index (χ3n) is 2.66. The van der Waals surface area contributed by atoms with Crippen LogP contribution >= 0.6 is 11.6 Å². The van der Waals surface area contributed by atoms with Gasteiger partial charge in [-0.1, -0.05) is 30.7 Å². The van der Waals surface area contributed by atoms with E-state index in [1.807, 2.05) is 18.2 Å². The first-order valence-corrected chi connectivity index (χ1v) is 6.37. The van der Waals surface area contributed by atoms with E-state index in [0.717, 1.165) is 18.5 Å². The molecule has 0 aliphatic carbocycles. The second-order valence-electron chi connectivity index (χ2n) is 4.22. The number of ketones is 1. The van der Waals surface area contributed by atoms with Gasteiger partial charge in [0.25, 0.3) is 0 Å². The molecule has 0 saturated heterocycles. The Hall–Kier alpha value is -1.61. The number of nitrogens with zero attached hydrogens (tertiary/aromatic N) is 2. The van der Waals surface area contributed by atoms with Gasteiger partial charge in [-0.15, -0.1) is 0 Å². The number of rotatable bonds is 5. The highest BCUT2D eigenvalue weighted by molar-refractivity contribution is 6.30. The predicted molar refractivity (Wildman–Crippen MR) is 72.0 cm³/mol. The Morgan fingerprint density at radius 2 is 2.28 bits per heavy atom. The summed E-state index contributed by atoms with van der Waals surface area (Å²) >= 11 is 5.89. The maximum atomic E-state index is 12.0. The number of halogens is 1. The average molecular weight is 263 g/mol. The summed E-state index contributed by atoms with van der Waals surface area (Å²) in [6, 6.07) is 7.37. The SMILES string of the molecule is CCCn1cc(C(=O)Cc2cccc(Cl)c2)cn1. The van der Waals surface area contributed by atoms with E-state index in [4.69, 9.17) is 11.6 Å². The maximum absolute atomic E-state index is 12.0. The summed E-state index contributed by atoms with van der Waals surface area (Å²) in [4.78, 5) is 12.0. The predicted octanol–water partition coefficient (Wildman–Crippen LogP) is 3.37. The van der Waals surface area contributed by atoms with Gasteiger partial charge in [-0.05, 0) is 24.1 Å². The molecule has 0 N–H and O–H groups in total. The molecule has 4 heteroatoms. The molecule has 0 unspecified atom stereocenters. The Labute approximate surface area is 111 Å². The molecule has 1 heterocycles. The Kier molecular flexibility index (Phi) is 4.15. The average Bonchev–Trinajstić information content (AvgIpc) is 2.78. The number of benzene rings is 1. The van der Waals surface area contributed by atoms with Crippen molar-refractivity contribution in [3.05, 3.63) is 52.8 Å². The molecule has 0 aliphatic heterocycles. The molecule has 18 heavy (non-hydrogen) atoms. The molecule has 0 atom stereocenters. The zero-order valence-corrected chi connectivity index (χ0v) is 11.0. The molecule has 0 saturated carbocycles. The smallest absolute Gasteiger partial charge is 0.170 e. The van der Waals surface area contributed by atoms with E-state index in [0.29, 0.717) is 17.0 Å². The van der Waals surface area contributed by atoms with Gasteiger partial charge in [-0.2, -0.15) is 5.10 Å². The van der Waals surface area contributed by atoms with Crippen molar-refractivity contribution in [1.82, 2.24) is 9.78 Å². The van der Waals surface area contributed by atoms with Crippen LogP contribution in [0.1, 0.15) is 29.3 Å². The van der Waals surface area contributed by atoms with E-state index in [1.165, 1.54) is 0 Å². The van der Waals surface area contributed by atoms with Crippen molar-refractivity contribution < 1.29 is 4.79 Å². The monoisotopic (exact) mass is 262 g/mol. The van der Waals surface area contributed by atoms with Gasteiger partial charge in [-0.3, -0.25) is 9.48 Å². The van der Waals surface area contributed by atoms with Gasteiger partial charge in [0, 0.05) is 24.2 Å². The molecule has 1 aromatic carbocycles. The summed E-state index contributed by atoms with van der Waals surface area (Å²) in [6.45, 7) is 2.92. The molecule has 0 radical (unpaired) electrons. The molecule has 1 aromatic heterocycles. The molecule has 0 spiro atoms. The number of carbonyl (C=O) groups is 1.